The quantitative estimate of drug-likeness (QED) is 0.771. The van der Waals surface area contributed by atoms with Gasteiger partial charge in [0.05, 0.1) is 18.6 Å². The molecule has 0 saturated heterocycles. The van der Waals surface area contributed by atoms with Crippen LogP contribution in [-0.2, 0) is 0 Å². The fraction of sp³-hybridized carbons (Fsp3) is 0.500. The molecule has 1 atom stereocenters. The molecule has 0 N–H and O–H groups in total. The molecule has 1 aromatic rings. The predicted octanol–water partition coefficient (Wildman–Crippen LogP) is 3.66. The van der Waals surface area contributed by atoms with E-state index in [9.17, 15) is 0 Å². The molecule has 0 bridgehead atoms. The highest BCUT2D eigenvalue weighted by atomic mass is 16.5. The van der Waals surface area contributed by atoms with Crippen LogP contribution in [0.4, 0.5) is 0 Å². The number of nitrogens with zero attached hydrogens (tertiary/aromatic N) is 1. The number of nitriles is 1. The third kappa shape index (κ3) is 2.76. The van der Waals surface area contributed by atoms with Crippen LogP contribution in [0.1, 0.15) is 37.8 Å². The lowest BCUT2D eigenvalue weighted by Crippen LogP contribution is -2.05. The number of aryl methyl sites for hydroxylation is 1. The van der Waals surface area contributed by atoms with E-state index in [4.69, 9.17) is 10.00 Å². The predicted molar refractivity (Wildman–Crippen MR) is 65.5 cm³/mol. The van der Waals surface area contributed by atoms with Gasteiger partial charge in [-0.1, -0.05) is 26.0 Å². The molecule has 0 aliphatic rings. The van der Waals surface area contributed by atoms with Gasteiger partial charge in [0.15, 0.2) is 0 Å². The fourth-order valence-corrected chi connectivity index (χ4v) is 1.79. The minimum atomic E-state index is -0.0330. The Labute approximate surface area is 97.9 Å². The molecule has 0 fully saturated rings. The van der Waals surface area contributed by atoms with E-state index in [1.165, 1.54) is 0 Å². The molecule has 0 spiro atoms. The van der Waals surface area contributed by atoms with Crippen molar-refractivity contribution in [2.75, 3.05) is 6.61 Å². The standard InChI is InChI=1S/C14H19NO/c1-5-16-14-7-6-12(8-11(14)4)13(9-15)10(2)3/h6-8,10,13H,5H2,1-4H3. The summed E-state index contributed by atoms with van der Waals surface area (Å²) in [6, 6.07) is 8.36. The molecule has 16 heavy (non-hydrogen) atoms. The zero-order valence-electron chi connectivity index (χ0n) is 10.4. The van der Waals surface area contributed by atoms with Crippen molar-refractivity contribution in [1.29, 1.82) is 5.26 Å². The van der Waals surface area contributed by atoms with Crippen molar-refractivity contribution in [2.24, 2.45) is 5.92 Å². The lowest BCUT2D eigenvalue weighted by atomic mass is 9.89. The maximum Gasteiger partial charge on any atom is 0.122 e. The molecule has 0 saturated carbocycles. The summed E-state index contributed by atoms with van der Waals surface area (Å²) in [5, 5.41) is 9.13. The maximum absolute atomic E-state index is 9.13. The first-order valence-electron chi connectivity index (χ1n) is 5.73. The minimum absolute atomic E-state index is 0.0330. The molecule has 0 aliphatic heterocycles. The molecule has 0 heterocycles. The molecule has 2 heteroatoms. The second kappa shape index (κ2) is 5.55. The van der Waals surface area contributed by atoms with Gasteiger partial charge in [-0.15, -0.1) is 0 Å². The van der Waals surface area contributed by atoms with Crippen LogP contribution in [0, 0.1) is 24.2 Å². The molecule has 0 aromatic heterocycles. The first-order valence-corrected chi connectivity index (χ1v) is 5.73. The number of hydrogen-bond acceptors (Lipinski definition) is 2. The van der Waals surface area contributed by atoms with Gasteiger partial charge in [0, 0.05) is 0 Å². The Bertz CT molecular complexity index is 390. The average Bonchev–Trinajstić information content (AvgIpc) is 2.22. The van der Waals surface area contributed by atoms with Crippen molar-refractivity contribution >= 4 is 0 Å². The molecule has 1 unspecified atom stereocenters. The summed E-state index contributed by atoms with van der Waals surface area (Å²) < 4.78 is 5.48. The molecular weight excluding hydrogens is 198 g/mol. The first-order chi connectivity index (χ1) is 7.60. The Balaban J connectivity index is 3.01. The Morgan fingerprint density at radius 3 is 2.50 bits per heavy atom. The summed E-state index contributed by atoms with van der Waals surface area (Å²) in [5.41, 5.74) is 2.18. The third-order valence-electron chi connectivity index (χ3n) is 2.66. The van der Waals surface area contributed by atoms with Gasteiger partial charge < -0.3 is 4.74 Å². The van der Waals surface area contributed by atoms with Crippen LogP contribution < -0.4 is 4.74 Å². The molecule has 0 amide bonds. The van der Waals surface area contributed by atoms with Crippen LogP contribution in [0.2, 0.25) is 0 Å². The Morgan fingerprint density at radius 2 is 2.06 bits per heavy atom. The van der Waals surface area contributed by atoms with Crippen LogP contribution in [0.25, 0.3) is 0 Å². The summed E-state index contributed by atoms with van der Waals surface area (Å²) in [7, 11) is 0. The van der Waals surface area contributed by atoms with Crippen molar-refractivity contribution in [2.45, 2.75) is 33.6 Å². The second-order valence-electron chi connectivity index (χ2n) is 4.31. The van der Waals surface area contributed by atoms with Gasteiger partial charge in [0.25, 0.3) is 0 Å². The summed E-state index contributed by atoms with van der Waals surface area (Å²) >= 11 is 0. The van der Waals surface area contributed by atoms with Crippen molar-refractivity contribution in [1.82, 2.24) is 0 Å². The Kier molecular flexibility index (Phi) is 4.37. The minimum Gasteiger partial charge on any atom is -0.494 e. The molecule has 0 radical (unpaired) electrons. The van der Waals surface area contributed by atoms with Gasteiger partial charge in [-0.25, -0.2) is 0 Å². The number of hydrogen-bond donors (Lipinski definition) is 0. The molecule has 86 valence electrons. The summed E-state index contributed by atoms with van der Waals surface area (Å²) in [5.74, 6) is 1.21. The van der Waals surface area contributed by atoms with Crippen LogP contribution in [0.3, 0.4) is 0 Å². The maximum atomic E-state index is 9.13. The fourth-order valence-electron chi connectivity index (χ4n) is 1.79. The lowest BCUT2D eigenvalue weighted by molar-refractivity contribution is 0.337. The van der Waals surface area contributed by atoms with E-state index in [-0.39, 0.29) is 5.92 Å². The number of ether oxygens (including phenoxy) is 1. The van der Waals surface area contributed by atoms with Gasteiger partial charge in [-0.05, 0) is 37.0 Å². The van der Waals surface area contributed by atoms with Gasteiger partial charge in [-0.3, -0.25) is 0 Å². The summed E-state index contributed by atoms with van der Waals surface area (Å²) in [6.45, 7) is 8.80. The number of benzene rings is 1. The SMILES string of the molecule is CCOc1ccc(C(C#N)C(C)C)cc1C. The van der Waals surface area contributed by atoms with Crippen molar-refractivity contribution in [3.05, 3.63) is 29.3 Å². The third-order valence-corrected chi connectivity index (χ3v) is 2.66. The molecule has 2 nitrogen and oxygen atoms in total. The number of rotatable bonds is 4. The summed E-state index contributed by atoms with van der Waals surface area (Å²) in [6.07, 6.45) is 0. The molecule has 0 aliphatic carbocycles. The largest absolute Gasteiger partial charge is 0.494 e. The molecular formula is C14H19NO. The van der Waals surface area contributed by atoms with Gasteiger partial charge in [-0.2, -0.15) is 5.26 Å². The Hall–Kier alpha value is -1.49. The van der Waals surface area contributed by atoms with E-state index in [0.29, 0.717) is 12.5 Å². The van der Waals surface area contributed by atoms with Crippen molar-refractivity contribution < 1.29 is 4.74 Å². The van der Waals surface area contributed by atoms with Crippen molar-refractivity contribution in [3.63, 3.8) is 0 Å². The highest BCUT2D eigenvalue weighted by molar-refractivity contribution is 5.39. The first kappa shape index (κ1) is 12.6. The highest BCUT2D eigenvalue weighted by Crippen LogP contribution is 2.28. The van der Waals surface area contributed by atoms with E-state index in [0.717, 1.165) is 16.9 Å². The monoisotopic (exact) mass is 217 g/mol. The van der Waals surface area contributed by atoms with Crippen LogP contribution in [0.5, 0.6) is 5.75 Å². The van der Waals surface area contributed by atoms with E-state index in [2.05, 4.69) is 26.0 Å². The van der Waals surface area contributed by atoms with E-state index in [1.807, 2.05) is 26.0 Å². The zero-order valence-corrected chi connectivity index (χ0v) is 10.4. The molecule has 1 rings (SSSR count). The second-order valence-corrected chi connectivity index (χ2v) is 4.31. The van der Waals surface area contributed by atoms with E-state index >= 15 is 0 Å². The average molecular weight is 217 g/mol. The van der Waals surface area contributed by atoms with Crippen LogP contribution in [0.15, 0.2) is 18.2 Å². The highest BCUT2D eigenvalue weighted by Gasteiger charge is 2.15. The van der Waals surface area contributed by atoms with Gasteiger partial charge in [0.2, 0.25) is 0 Å². The van der Waals surface area contributed by atoms with Gasteiger partial charge in [0.1, 0.15) is 5.75 Å². The van der Waals surface area contributed by atoms with Gasteiger partial charge >= 0.3 is 0 Å². The normalized spacial score (nSPS) is 12.2. The lowest BCUT2D eigenvalue weighted by Gasteiger charge is -2.15. The summed E-state index contributed by atoms with van der Waals surface area (Å²) in [4.78, 5) is 0. The smallest absolute Gasteiger partial charge is 0.122 e. The topological polar surface area (TPSA) is 33.0 Å². The van der Waals surface area contributed by atoms with Crippen LogP contribution >= 0.6 is 0 Å². The van der Waals surface area contributed by atoms with Crippen LogP contribution in [-0.4, -0.2) is 6.61 Å². The van der Waals surface area contributed by atoms with Crippen molar-refractivity contribution in [3.8, 4) is 11.8 Å². The van der Waals surface area contributed by atoms with E-state index in [1.54, 1.807) is 0 Å². The zero-order chi connectivity index (χ0) is 12.1. The molecule has 1 aromatic carbocycles. The Morgan fingerprint density at radius 1 is 1.38 bits per heavy atom. The van der Waals surface area contributed by atoms with E-state index < -0.39 is 0 Å².